The molecule has 1 aromatic carbocycles. The zero-order valence-electron chi connectivity index (χ0n) is 17.3. The Labute approximate surface area is 169 Å². The molecule has 9 heteroatoms. The number of benzene rings is 1. The van der Waals surface area contributed by atoms with Crippen LogP contribution in [0.5, 0.6) is 5.75 Å². The van der Waals surface area contributed by atoms with Crippen molar-refractivity contribution < 1.29 is 24.0 Å². The molecule has 29 heavy (non-hydrogen) atoms. The monoisotopic (exact) mass is 405 g/mol. The number of nitro groups is 1. The predicted molar refractivity (Wildman–Crippen MR) is 105 cm³/mol. The molecule has 0 unspecified atom stereocenters. The van der Waals surface area contributed by atoms with E-state index >= 15 is 0 Å². The highest BCUT2D eigenvalue weighted by atomic mass is 16.6. The number of rotatable bonds is 3. The molecule has 3 rings (SSSR count). The smallest absolute Gasteiger partial charge is 0.410 e. The second-order valence-corrected chi connectivity index (χ2v) is 8.77. The van der Waals surface area contributed by atoms with Crippen LogP contribution in [0.15, 0.2) is 18.2 Å². The van der Waals surface area contributed by atoms with Crippen molar-refractivity contribution in [1.29, 1.82) is 0 Å². The van der Waals surface area contributed by atoms with E-state index in [0.29, 0.717) is 31.7 Å². The van der Waals surface area contributed by atoms with Crippen LogP contribution < -0.4 is 4.74 Å². The number of nitrogens with zero attached hydrogens (tertiary/aromatic N) is 3. The van der Waals surface area contributed by atoms with E-state index in [4.69, 9.17) is 9.47 Å². The Morgan fingerprint density at radius 3 is 2.28 bits per heavy atom. The lowest BCUT2D eigenvalue weighted by atomic mass is 9.72. The molecule has 0 bridgehead atoms. The van der Waals surface area contributed by atoms with E-state index in [1.807, 2.05) is 20.8 Å². The van der Waals surface area contributed by atoms with Gasteiger partial charge < -0.3 is 19.3 Å². The molecule has 2 aliphatic heterocycles. The Kier molecular flexibility index (Phi) is 5.42. The molecule has 2 heterocycles. The number of amides is 2. The average Bonchev–Trinajstić information content (AvgIpc) is 2.63. The van der Waals surface area contributed by atoms with Crippen molar-refractivity contribution in [1.82, 2.24) is 9.80 Å². The van der Waals surface area contributed by atoms with Gasteiger partial charge in [0.15, 0.2) is 5.75 Å². The van der Waals surface area contributed by atoms with Gasteiger partial charge in [-0.1, -0.05) is 0 Å². The molecule has 9 nitrogen and oxygen atoms in total. The highest BCUT2D eigenvalue weighted by Crippen LogP contribution is 2.41. The lowest BCUT2D eigenvalue weighted by Gasteiger charge is -2.53. The van der Waals surface area contributed by atoms with Gasteiger partial charge in [-0.3, -0.25) is 14.9 Å². The first-order chi connectivity index (χ1) is 13.5. The van der Waals surface area contributed by atoms with Crippen LogP contribution in [0.1, 0.15) is 44.0 Å². The van der Waals surface area contributed by atoms with Gasteiger partial charge in [0.2, 0.25) is 0 Å². The fraction of sp³-hybridized carbons (Fsp3) is 0.600. The first-order valence-electron chi connectivity index (χ1n) is 9.63. The molecule has 0 N–H and O–H groups in total. The third kappa shape index (κ3) is 4.44. The fourth-order valence-electron chi connectivity index (χ4n) is 3.86. The maximum atomic E-state index is 12.8. The predicted octanol–water partition coefficient (Wildman–Crippen LogP) is 3.08. The van der Waals surface area contributed by atoms with Gasteiger partial charge in [0.1, 0.15) is 5.60 Å². The maximum Gasteiger partial charge on any atom is 0.410 e. The average molecular weight is 405 g/mol. The van der Waals surface area contributed by atoms with Crippen LogP contribution in [0.3, 0.4) is 0 Å². The fourth-order valence-corrected chi connectivity index (χ4v) is 3.86. The summed E-state index contributed by atoms with van der Waals surface area (Å²) in [5, 5.41) is 11.0. The minimum Gasteiger partial charge on any atom is -0.490 e. The second kappa shape index (κ2) is 7.53. The first kappa shape index (κ1) is 20.9. The molecule has 0 saturated carbocycles. The first-order valence-corrected chi connectivity index (χ1v) is 9.63. The van der Waals surface area contributed by atoms with E-state index in [1.54, 1.807) is 9.80 Å². The lowest BCUT2D eigenvalue weighted by Crippen LogP contribution is -2.62. The van der Waals surface area contributed by atoms with Gasteiger partial charge in [0.05, 0.1) is 12.0 Å². The van der Waals surface area contributed by atoms with Gasteiger partial charge >= 0.3 is 11.8 Å². The summed E-state index contributed by atoms with van der Waals surface area (Å²) in [6, 6.07) is 4.17. The van der Waals surface area contributed by atoms with E-state index in [0.717, 1.165) is 12.8 Å². The van der Waals surface area contributed by atoms with E-state index in [2.05, 4.69) is 0 Å². The summed E-state index contributed by atoms with van der Waals surface area (Å²) in [5.41, 5.74) is -0.270. The molecule has 2 amide bonds. The minimum atomic E-state index is -0.537. The molecule has 1 aromatic rings. The molecule has 2 fully saturated rings. The summed E-state index contributed by atoms with van der Waals surface area (Å²) >= 11 is 0. The molecule has 0 radical (unpaired) electrons. The van der Waals surface area contributed by atoms with Crippen molar-refractivity contribution in [2.24, 2.45) is 5.41 Å². The van der Waals surface area contributed by atoms with Gasteiger partial charge in [0, 0.05) is 49.3 Å². The van der Waals surface area contributed by atoms with Gasteiger partial charge in [-0.15, -0.1) is 0 Å². The Balaban J connectivity index is 1.57. The molecule has 158 valence electrons. The summed E-state index contributed by atoms with van der Waals surface area (Å²) in [7, 11) is 1.34. The SMILES string of the molecule is COc1cc(C(=O)N2CCC3(CC2)CN(C(=O)OC(C)(C)C)C3)ccc1[N+](=O)[O-]. The summed E-state index contributed by atoms with van der Waals surface area (Å²) < 4.78 is 10.5. The van der Waals surface area contributed by atoms with E-state index < -0.39 is 10.5 Å². The highest BCUT2D eigenvalue weighted by Gasteiger charge is 2.48. The maximum absolute atomic E-state index is 12.8. The molecular weight excluding hydrogens is 378 g/mol. The third-order valence-corrected chi connectivity index (χ3v) is 5.44. The normalized spacial score (nSPS) is 18.2. The zero-order valence-corrected chi connectivity index (χ0v) is 17.3. The number of hydrogen-bond acceptors (Lipinski definition) is 6. The highest BCUT2D eigenvalue weighted by molar-refractivity contribution is 5.95. The Morgan fingerprint density at radius 2 is 1.76 bits per heavy atom. The molecule has 0 aliphatic carbocycles. The summed E-state index contributed by atoms with van der Waals surface area (Å²) in [5.74, 6) is -0.0994. The van der Waals surface area contributed by atoms with Crippen LogP contribution in [0.4, 0.5) is 10.5 Å². The quantitative estimate of drug-likeness (QED) is 0.566. The van der Waals surface area contributed by atoms with Crippen LogP contribution in [-0.2, 0) is 4.74 Å². The molecule has 0 aromatic heterocycles. The van der Waals surface area contributed by atoms with Crippen LogP contribution in [-0.4, -0.2) is 65.6 Å². The van der Waals surface area contributed by atoms with Crippen LogP contribution in [0, 0.1) is 15.5 Å². The van der Waals surface area contributed by atoms with Gasteiger partial charge in [-0.2, -0.15) is 0 Å². The Bertz CT molecular complexity index is 816. The molecule has 0 atom stereocenters. The van der Waals surface area contributed by atoms with Crippen LogP contribution >= 0.6 is 0 Å². The number of likely N-dealkylation sites (tertiary alicyclic amines) is 2. The Hall–Kier alpha value is -2.84. The topological polar surface area (TPSA) is 102 Å². The van der Waals surface area contributed by atoms with Crippen molar-refractivity contribution in [3.05, 3.63) is 33.9 Å². The van der Waals surface area contributed by atoms with Crippen molar-refractivity contribution in [3.8, 4) is 5.75 Å². The van der Waals surface area contributed by atoms with E-state index in [1.165, 1.54) is 25.3 Å². The number of carbonyl (C=O) groups excluding carboxylic acids is 2. The lowest BCUT2D eigenvalue weighted by molar-refractivity contribution is -0.385. The van der Waals surface area contributed by atoms with E-state index in [9.17, 15) is 19.7 Å². The van der Waals surface area contributed by atoms with E-state index in [-0.39, 0.29) is 28.9 Å². The largest absolute Gasteiger partial charge is 0.490 e. The summed E-state index contributed by atoms with van der Waals surface area (Å²) in [6.45, 7) is 8.00. The Morgan fingerprint density at radius 1 is 1.14 bits per heavy atom. The summed E-state index contributed by atoms with van der Waals surface area (Å²) in [6.07, 6.45) is 1.32. The number of nitro benzene ring substituents is 1. The van der Waals surface area contributed by atoms with Crippen molar-refractivity contribution >= 4 is 17.7 Å². The summed E-state index contributed by atoms with van der Waals surface area (Å²) in [4.78, 5) is 38.9. The molecule has 1 spiro atoms. The van der Waals surface area contributed by atoms with Gasteiger partial charge in [0.25, 0.3) is 5.91 Å². The van der Waals surface area contributed by atoms with Crippen LogP contribution in [0.2, 0.25) is 0 Å². The number of hydrogen-bond donors (Lipinski definition) is 0. The standard InChI is InChI=1S/C20H27N3O6/c1-19(2,3)29-18(25)22-12-20(13-22)7-9-21(10-8-20)17(24)14-5-6-15(23(26)27)16(11-14)28-4/h5-6,11H,7-10,12-13H2,1-4H3. The number of carbonyl (C=O) groups is 2. The third-order valence-electron chi connectivity index (χ3n) is 5.44. The molecule has 2 saturated heterocycles. The van der Waals surface area contributed by atoms with Gasteiger partial charge in [-0.05, 0) is 39.7 Å². The minimum absolute atomic E-state index is 0.0425. The van der Waals surface area contributed by atoms with Gasteiger partial charge in [-0.25, -0.2) is 4.79 Å². The van der Waals surface area contributed by atoms with Crippen LogP contribution in [0.25, 0.3) is 0 Å². The molecular formula is C20H27N3O6. The molecule has 2 aliphatic rings. The zero-order chi connectivity index (χ0) is 21.4. The number of piperidine rings is 1. The second-order valence-electron chi connectivity index (χ2n) is 8.77. The van der Waals surface area contributed by atoms with Crippen molar-refractivity contribution in [2.75, 3.05) is 33.3 Å². The van der Waals surface area contributed by atoms with Crippen molar-refractivity contribution in [2.45, 2.75) is 39.2 Å². The number of methoxy groups -OCH3 is 1. The number of ether oxygens (including phenoxy) is 2. The van der Waals surface area contributed by atoms with Crippen molar-refractivity contribution in [3.63, 3.8) is 0 Å².